The van der Waals surface area contributed by atoms with Gasteiger partial charge in [-0.25, -0.2) is 8.78 Å². The Morgan fingerprint density at radius 3 is 2.61 bits per heavy atom. The highest BCUT2D eigenvalue weighted by molar-refractivity contribution is 5.24. The van der Waals surface area contributed by atoms with E-state index in [1.54, 1.807) is 0 Å². The number of ether oxygens (including phenoxy) is 1. The van der Waals surface area contributed by atoms with Crippen molar-refractivity contribution >= 4 is 0 Å². The number of benzene rings is 1. The van der Waals surface area contributed by atoms with E-state index < -0.39 is 23.3 Å². The molecule has 1 saturated carbocycles. The van der Waals surface area contributed by atoms with E-state index in [0.29, 0.717) is 19.4 Å². The fourth-order valence-electron chi connectivity index (χ4n) is 2.77. The first-order chi connectivity index (χ1) is 8.60. The second-order valence-electron chi connectivity index (χ2n) is 4.75. The molecule has 1 aliphatic rings. The van der Waals surface area contributed by atoms with Gasteiger partial charge in [0.25, 0.3) is 0 Å². The first kappa shape index (κ1) is 13.4. The summed E-state index contributed by atoms with van der Waals surface area (Å²) in [4.78, 5) is 0. The Kier molecular flexibility index (Phi) is 3.97. The minimum absolute atomic E-state index is 0.00894. The van der Waals surface area contributed by atoms with Crippen LogP contribution in [0.5, 0.6) is 0 Å². The summed E-state index contributed by atoms with van der Waals surface area (Å²) in [6, 6.07) is 3.88. The zero-order valence-electron chi connectivity index (χ0n) is 10.5. The summed E-state index contributed by atoms with van der Waals surface area (Å²) in [5, 5.41) is 10.4. The Labute approximate surface area is 106 Å². The van der Waals surface area contributed by atoms with Crippen LogP contribution in [0.2, 0.25) is 0 Å². The maximum Gasteiger partial charge on any atom is 0.164 e. The molecule has 1 N–H and O–H groups in total. The Bertz CT molecular complexity index is 414. The van der Waals surface area contributed by atoms with Crippen LogP contribution in [0, 0.1) is 11.6 Å². The number of aliphatic hydroxyl groups is 1. The van der Waals surface area contributed by atoms with Crippen molar-refractivity contribution in [2.45, 2.75) is 44.3 Å². The maximum atomic E-state index is 13.7. The lowest BCUT2D eigenvalue weighted by molar-refractivity contribution is -0.119. The van der Waals surface area contributed by atoms with E-state index in [1.807, 2.05) is 6.92 Å². The lowest BCUT2D eigenvalue weighted by Gasteiger charge is -2.34. The van der Waals surface area contributed by atoms with Crippen molar-refractivity contribution in [3.8, 4) is 0 Å². The van der Waals surface area contributed by atoms with E-state index in [1.165, 1.54) is 12.1 Å². The molecule has 1 unspecified atom stereocenters. The molecule has 2 rings (SSSR count). The quantitative estimate of drug-likeness (QED) is 0.895. The van der Waals surface area contributed by atoms with Crippen molar-refractivity contribution in [2.24, 2.45) is 0 Å². The lowest BCUT2D eigenvalue weighted by atomic mass is 9.89. The van der Waals surface area contributed by atoms with Crippen molar-refractivity contribution in [1.82, 2.24) is 0 Å². The van der Waals surface area contributed by atoms with Gasteiger partial charge in [0.05, 0.1) is 5.60 Å². The van der Waals surface area contributed by atoms with Gasteiger partial charge in [-0.1, -0.05) is 25.0 Å². The molecule has 0 radical (unpaired) electrons. The number of aliphatic hydroxyl groups excluding tert-OH is 1. The van der Waals surface area contributed by atoms with Gasteiger partial charge in [0.15, 0.2) is 11.6 Å². The number of rotatable bonds is 4. The predicted molar refractivity (Wildman–Crippen MR) is 64.1 cm³/mol. The van der Waals surface area contributed by atoms with Crippen molar-refractivity contribution in [1.29, 1.82) is 0 Å². The first-order valence-corrected chi connectivity index (χ1v) is 6.36. The van der Waals surface area contributed by atoms with Crippen molar-refractivity contribution in [2.75, 3.05) is 6.61 Å². The van der Waals surface area contributed by atoms with Crippen molar-refractivity contribution in [3.05, 3.63) is 35.4 Å². The van der Waals surface area contributed by atoms with Crippen LogP contribution in [-0.4, -0.2) is 17.3 Å². The number of hydrogen-bond acceptors (Lipinski definition) is 2. The molecular formula is C14H18F2O2. The van der Waals surface area contributed by atoms with E-state index in [-0.39, 0.29) is 5.56 Å². The van der Waals surface area contributed by atoms with E-state index in [9.17, 15) is 13.9 Å². The van der Waals surface area contributed by atoms with Crippen LogP contribution in [-0.2, 0) is 4.74 Å². The molecule has 0 amide bonds. The predicted octanol–water partition coefficient (Wildman–Crippen LogP) is 3.35. The van der Waals surface area contributed by atoms with Crippen molar-refractivity contribution in [3.63, 3.8) is 0 Å². The van der Waals surface area contributed by atoms with Gasteiger partial charge in [-0.05, 0) is 25.8 Å². The van der Waals surface area contributed by atoms with Crippen LogP contribution in [0.15, 0.2) is 18.2 Å². The molecule has 0 bridgehead atoms. The molecular weight excluding hydrogens is 238 g/mol. The molecule has 1 aromatic carbocycles. The number of hydrogen-bond donors (Lipinski definition) is 1. The summed E-state index contributed by atoms with van der Waals surface area (Å²) >= 11 is 0. The Morgan fingerprint density at radius 1 is 1.33 bits per heavy atom. The van der Waals surface area contributed by atoms with Gasteiger partial charge in [0, 0.05) is 12.2 Å². The largest absolute Gasteiger partial charge is 0.385 e. The van der Waals surface area contributed by atoms with Crippen LogP contribution >= 0.6 is 0 Å². The second-order valence-corrected chi connectivity index (χ2v) is 4.75. The van der Waals surface area contributed by atoms with Gasteiger partial charge in [0.2, 0.25) is 0 Å². The SMILES string of the molecule is CCOC1(C(O)c2cccc(F)c2F)CCCC1. The Morgan fingerprint density at radius 2 is 2.00 bits per heavy atom. The van der Waals surface area contributed by atoms with Crippen molar-refractivity contribution < 1.29 is 18.6 Å². The zero-order valence-corrected chi connectivity index (χ0v) is 10.5. The monoisotopic (exact) mass is 256 g/mol. The fourth-order valence-corrected chi connectivity index (χ4v) is 2.77. The lowest BCUT2D eigenvalue weighted by Crippen LogP contribution is -2.37. The summed E-state index contributed by atoms with van der Waals surface area (Å²) in [5.41, 5.74) is -0.769. The Balaban J connectivity index is 2.33. The normalized spacial score (nSPS) is 20.0. The molecule has 4 heteroatoms. The highest BCUT2D eigenvalue weighted by atomic mass is 19.2. The molecule has 18 heavy (non-hydrogen) atoms. The summed E-state index contributed by atoms with van der Waals surface area (Å²) < 4.78 is 32.6. The Hall–Kier alpha value is -1.00. The van der Waals surface area contributed by atoms with Gasteiger partial charge in [0.1, 0.15) is 6.10 Å². The summed E-state index contributed by atoms with van der Waals surface area (Å²) in [7, 11) is 0. The van der Waals surface area contributed by atoms with Crippen LogP contribution in [0.4, 0.5) is 8.78 Å². The maximum absolute atomic E-state index is 13.7. The molecule has 0 aliphatic heterocycles. The average Bonchev–Trinajstić information content (AvgIpc) is 2.82. The molecule has 0 saturated heterocycles. The minimum atomic E-state index is -1.12. The smallest absolute Gasteiger partial charge is 0.164 e. The summed E-state index contributed by atoms with van der Waals surface area (Å²) in [6.45, 7) is 2.29. The highest BCUT2D eigenvalue weighted by Crippen LogP contribution is 2.43. The third-order valence-corrected chi connectivity index (χ3v) is 3.66. The van der Waals surface area contributed by atoms with E-state index in [0.717, 1.165) is 18.9 Å². The fraction of sp³-hybridized carbons (Fsp3) is 0.571. The van der Waals surface area contributed by atoms with Gasteiger partial charge < -0.3 is 9.84 Å². The van der Waals surface area contributed by atoms with Gasteiger partial charge in [-0.2, -0.15) is 0 Å². The van der Waals surface area contributed by atoms with E-state index in [2.05, 4.69) is 0 Å². The van der Waals surface area contributed by atoms with E-state index >= 15 is 0 Å². The van der Waals surface area contributed by atoms with Crippen LogP contribution in [0.25, 0.3) is 0 Å². The van der Waals surface area contributed by atoms with Crippen LogP contribution < -0.4 is 0 Å². The van der Waals surface area contributed by atoms with E-state index in [4.69, 9.17) is 4.74 Å². The summed E-state index contributed by atoms with van der Waals surface area (Å²) in [6.07, 6.45) is 2.12. The van der Waals surface area contributed by atoms with Crippen LogP contribution in [0.1, 0.15) is 44.3 Å². The molecule has 1 aliphatic carbocycles. The zero-order chi connectivity index (χ0) is 13.2. The second kappa shape index (κ2) is 5.33. The molecule has 100 valence electrons. The van der Waals surface area contributed by atoms with Crippen LogP contribution in [0.3, 0.4) is 0 Å². The number of halogens is 2. The van der Waals surface area contributed by atoms with Gasteiger partial charge in [-0.3, -0.25) is 0 Å². The molecule has 0 aromatic heterocycles. The molecule has 0 spiro atoms. The molecule has 2 nitrogen and oxygen atoms in total. The third kappa shape index (κ3) is 2.27. The topological polar surface area (TPSA) is 29.5 Å². The standard InChI is InChI=1S/C14H18F2O2/c1-2-18-14(8-3-4-9-14)13(17)10-6-5-7-11(15)12(10)16/h5-7,13,17H,2-4,8-9H2,1H3. The third-order valence-electron chi connectivity index (χ3n) is 3.66. The first-order valence-electron chi connectivity index (χ1n) is 6.36. The minimum Gasteiger partial charge on any atom is -0.385 e. The van der Waals surface area contributed by atoms with Gasteiger partial charge >= 0.3 is 0 Å². The molecule has 1 fully saturated rings. The molecule has 1 atom stereocenters. The highest BCUT2D eigenvalue weighted by Gasteiger charge is 2.43. The average molecular weight is 256 g/mol. The molecule has 0 heterocycles. The summed E-state index contributed by atoms with van der Waals surface area (Å²) in [5.74, 6) is -1.91. The molecule has 1 aromatic rings. The van der Waals surface area contributed by atoms with Gasteiger partial charge in [-0.15, -0.1) is 0 Å².